The fourth-order valence-corrected chi connectivity index (χ4v) is 5.54. The predicted octanol–water partition coefficient (Wildman–Crippen LogP) is 3.00. The third-order valence-corrected chi connectivity index (χ3v) is 7.90. The monoisotopic (exact) mass is 567 g/mol. The van der Waals surface area contributed by atoms with E-state index < -0.39 is 17.6 Å². The van der Waals surface area contributed by atoms with Crippen LogP contribution >= 0.6 is 23.2 Å². The highest BCUT2D eigenvalue weighted by Gasteiger charge is 2.45. The molecule has 4 N–H and O–H groups in total. The van der Waals surface area contributed by atoms with Gasteiger partial charge in [0.15, 0.2) is 0 Å². The van der Waals surface area contributed by atoms with Crippen molar-refractivity contribution in [2.45, 2.75) is 13.0 Å². The van der Waals surface area contributed by atoms with Crippen LogP contribution in [0.1, 0.15) is 16.8 Å². The number of carbonyl (C=O) groups excluding carboxylic acids is 2. The normalized spacial score (nSPS) is 17.9. The van der Waals surface area contributed by atoms with E-state index in [0.717, 1.165) is 30.7 Å². The Bertz CT molecular complexity index is 1740. The summed E-state index contributed by atoms with van der Waals surface area (Å²) in [6.07, 6.45) is 5.71. The Hall–Kier alpha value is -4.09. The highest BCUT2D eigenvalue weighted by molar-refractivity contribution is 6.34. The highest BCUT2D eigenvalue weighted by Crippen LogP contribution is 2.46. The molecule has 3 aromatic heterocycles. The number of phenols is 1. The van der Waals surface area contributed by atoms with Gasteiger partial charge < -0.3 is 30.2 Å². The van der Waals surface area contributed by atoms with E-state index in [4.69, 9.17) is 28.9 Å². The molecule has 11 nitrogen and oxygen atoms in total. The smallest absolute Gasteiger partial charge is 0.263 e. The van der Waals surface area contributed by atoms with Crippen molar-refractivity contribution in [3.8, 4) is 16.9 Å². The summed E-state index contributed by atoms with van der Waals surface area (Å²) in [5.41, 5.74) is 6.24. The van der Waals surface area contributed by atoms with Crippen molar-refractivity contribution in [2.75, 3.05) is 23.3 Å². The lowest BCUT2D eigenvalue weighted by Gasteiger charge is -2.20. The Morgan fingerprint density at radius 1 is 1.15 bits per heavy atom. The van der Waals surface area contributed by atoms with E-state index >= 15 is 0 Å². The number of fused-ring (bicyclic) bond motifs is 2. The zero-order valence-electron chi connectivity index (χ0n) is 20.7. The van der Waals surface area contributed by atoms with E-state index in [9.17, 15) is 19.5 Å². The summed E-state index contributed by atoms with van der Waals surface area (Å²) < 4.78 is 2.82. The summed E-state index contributed by atoms with van der Waals surface area (Å²) in [6, 6.07) is 4.52. The van der Waals surface area contributed by atoms with E-state index in [0.29, 0.717) is 21.8 Å². The molecule has 2 aliphatic rings. The minimum atomic E-state index is -0.884. The Morgan fingerprint density at radius 2 is 1.90 bits per heavy atom. The summed E-state index contributed by atoms with van der Waals surface area (Å²) in [5, 5.41) is 13.4. The summed E-state index contributed by atoms with van der Waals surface area (Å²) in [6.45, 7) is 1.71. The zero-order chi connectivity index (χ0) is 27.6. The summed E-state index contributed by atoms with van der Waals surface area (Å²) in [4.78, 5) is 49.1. The Labute approximate surface area is 231 Å². The number of aryl methyl sites for hydroxylation is 1. The molecule has 2 unspecified atom stereocenters. The van der Waals surface area contributed by atoms with Crippen molar-refractivity contribution in [1.82, 2.24) is 19.1 Å². The SMILES string of the molecule is Cn1cnc2c(c(-c3cc(Cl)c(O)c(C(N)=O)c3)cn2CC(=O)Nc2cc(N3CC4CC4C3)ncc2Cl)c1=O. The summed E-state index contributed by atoms with van der Waals surface area (Å²) in [7, 11) is 1.55. The van der Waals surface area contributed by atoms with Crippen LogP contribution in [0.15, 0.2) is 41.7 Å². The van der Waals surface area contributed by atoms with Crippen molar-refractivity contribution in [1.29, 1.82) is 0 Å². The van der Waals surface area contributed by atoms with Crippen LogP contribution < -0.4 is 21.5 Å². The second kappa shape index (κ2) is 9.28. The van der Waals surface area contributed by atoms with E-state index in [1.807, 2.05) is 0 Å². The van der Waals surface area contributed by atoms with Gasteiger partial charge in [0.05, 0.1) is 39.2 Å². The van der Waals surface area contributed by atoms with Crippen LogP contribution in [0.25, 0.3) is 22.2 Å². The van der Waals surface area contributed by atoms with Gasteiger partial charge in [-0.2, -0.15) is 0 Å². The van der Waals surface area contributed by atoms with Gasteiger partial charge in [0.1, 0.15) is 23.8 Å². The number of hydrogen-bond donors (Lipinski definition) is 3. The number of pyridine rings is 1. The van der Waals surface area contributed by atoms with Gasteiger partial charge in [-0.3, -0.25) is 14.4 Å². The molecule has 0 radical (unpaired) electrons. The summed E-state index contributed by atoms with van der Waals surface area (Å²) >= 11 is 12.5. The number of anilines is 2. The number of amides is 2. The minimum Gasteiger partial charge on any atom is -0.506 e. The van der Waals surface area contributed by atoms with Gasteiger partial charge in [-0.05, 0) is 36.0 Å². The van der Waals surface area contributed by atoms with Gasteiger partial charge in [0.2, 0.25) is 5.91 Å². The maximum absolute atomic E-state index is 13.2. The number of rotatable bonds is 6. The number of hydrogen-bond acceptors (Lipinski definition) is 7. The molecule has 13 heteroatoms. The molecule has 200 valence electrons. The lowest BCUT2D eigenvalue weighted by Crippen LogP contribution is -2.24. The molecule has 1 saturated carbocycles. The molecule has 1 saturated heterocycles. The molecule has 1 aromatic carbocycles. The van der Waals surface area contributed by atoms with Gasteiger partial charge in [-0.15, -0.1) is 0 Å². The first-order chi connectivity index (χ1) is 18.6. The number of nitrogens with one attached hydrogen (secondary N) is 1. The average Bonchev–Trinajstić information content (AvgIpc) is 3.33. The second-order valence-corrected chi connectivity index (χ2v) is 10.8. The van der Waals surface area contributed by atoms with Crippen molar-refractivity contribution in [2.24, 2.45) is 24.6 Å². The van der Waals surface area contributed by atoms with Crippen LogP contribution in [0.3, 0.4) is 0 Å². The molecule has 2 atom stereocenters. The number of aromatic hydroxyl groups is 1. The second-order valence-electron chi connectivity index (χ2n) is 9.98. The quantitative estimate of drug-likeness (QED) is 0.324. The molecule has 1 aliphatic carbocycles. The average molecular weight is 568 g/mol. The Morgan fingerprint density at radius 3 is 2.62 bits per heavy atom. The molecule has 4 heterocycles. The number of aromatic nitrogens is 4. The van der Waals surface area contributed by atoms with E-state index in [2.05, 4.69) is 20.2 Å². The molecular formula is C26H23Cl2N7O4. The first-order valence-electron chi connectivity index (χ1n) is 12.2. The molecular weight excluding hydrogens is 545 g/mol. The maximum Gasteiger partial charge on any atom is 0.263 e. The fraction of sp³-hybridized carbons (Fsp3) is 0.269. The molecule has 1 aliphatic heterocycles. The van der Waals surface area contributed by atoms with Gasteiger partial charge >= 0.3 is 0 Å². The van der Waals surface area contributed by atoms with Crippen LogP contribution in [0.5, 0.6) is 5.75 Å². The van der Waals surface area contributed by atoms with Gasteiger partial charge in [-0.1, -0.05) is 23.2 Å². The Balaban J connectivity index is 1.34. The third kappa shape index (κ3) is 4.47. The van der Waals surface area contributed by atoms with Crippen molar-refractivity contribution < 1.29 is 14.7 Å². The molecule has 2 fully saturated rings. The highest BCUT2D eigenvalue weighted by atomic mass is 35.5. The van der Waals surface area contributed by atoms with E-state index in [1.54, 1.807) is 19.3 Å². The van der Waals surface area contributed by atoms with Crippen LogP contribution in [0, 0.1) is 11.8 Å². The zero-order valence-corrected chi connectivity index (χ0v) is 22.2. The fourth-order valence-electron chi connectivity index (χ4n) is 5.17. The number of primary amides is 1. The lowest BCUT2D eigenvalue weighted by molar-refractivity contribution is -0.116. The topological polar surface area (TPSA) is 148 Å². The van der Waals surface area contributed by atoms with Gasteiger partial charge in [0, 0.05) is 38.0 Å². The minimum absolute atomic E-state index is 0.112. The lowest BCUT2D eigenvalue weighted by atomic mass is 10.0. The van der Waals surface area contributed by atoms with E-state index in [1.165, 1.54) is 40.2 Å². The predicted molar refractivity (Wildman–Crippen MR) is 147 cm³/mol. The van der Waals surface area contributed by atoms with Crippen molar-refractivity contribution in [3.63, 3.8) is 0 Å². The number of nitrogens with zero attached hydrogens (tertiary/aromatic N) is 5. The number of benzene rings is 1. The van der Waals surface area contributed by atoms with E-state index in [-0.39, 0.29) is 33.7 Å². The van der Waals surface area contributed by atoms with Gasteiger partial charge in [-0.25, -0.2) is 9.97 Å². The molecule has 0 bridgehead atoms. The standard InChI is InChI=1S/C26H23Cl2N7O4/c1-33-11-31-25-22(26(33)39)16(12-3-15(24(29)38)23(37)17(27)4-12)9-35(25)10-21(36)32-19-5-20(30-6-18(19)28)34-7-13-2-14(13)8-34/h3-6,9,11,13-14,37H,2,7-8,10H2,1H3,(H2,29,38)(H,30,32,36). The first kappa shape index (κ1) is 25.2. The Kier molecular flexibility index (Phi) is 6.00. The largest absolute Gasteiger partial charge is 0.506 e. The number of halogens is 2. The third-order valence-electron chi connectivity index (χ3n) is 7.31. The van der Waals surface area contributed by atoms with Crippen molar-refractivity contribution >= 4 is 57.6 Å². The van der Waals surface area contributed by atoms with Crippen LogP contribution in [0.4, 0.5) is 11.5 Å². The molecule has 2 amide bonds. The van der Waals surface area contributed by atoms with Crippen molar-refractivity contribution in [3.05, 3.63) is 62.9 Å². The molecule has 0 spiro atoms. The van der Waals surface area contributed by atoms with Gasteiger partial charge in [0.25, 0.3) is 11.5 Å². The maximum atomic E-state index is 13.2. The summed E-state index contributed by atoms with van der Waals surface area (Å²) in [5.74, 6) is 0.464. The number of nitrogens with two attached hydrogens (primary N) is 1. The molecule has 39 heavy (non-hydrogen) atoms. The first-order valence-corrected chi connectivity index (χ1v) is 12.9. The molecule has 6 rings (SSSR count). The van der Waals surface area contributed by atoms with Crippen LogP contribution in [-0.2, 0) is 18.4 Å². The van der Waals surface area contributed by atoms with Crippen LogP contribution in [-0.4, -0.2) is 49.1 Å². The number of carbonyl (C=O) groups is 2. The number of piperidine rings is 1. The van der Waals surface area contributed by atoms with Crippen LogP contribution in [0.2, 0.25) is 10.0 Å². The molecule has 4 aromatic rings.